The van der Waals surface area contributed by atoms with E-state index >= 15 is 0 Å². The Morgan fingerprint density at radius 1 is 1.29 bits per heavy atom. The van der Waals surface area contributed by atoms with Crippen LogP contribution in [0.1, 0.15) is 18.1 Å². The van der Waals surface area contributed by atoms with Crippen molar-refractivity contribution >= 4 is 23.2 Å². The highest BCUT2D eigenvalue weighted by atomic mass is 35.5. The smallest absolute Gasteiger partial charge is 0.388 e. The van der Waals surface area contributed by atoms with Crippen molar-refractivity contribution in [2.45, 2.75) is 24.7 Å². The van der Waals surface area contributed by atoms with E-state index in [4.69, 9.17) is 28.9 Å². The van der Waals surface area contributed by atoms with Crippen LogP contribution in [0.15, 0.2) is 18.2 Å². The van der Waals surface area contributed by atoms with Gasteiger partial charge in [-0.25, -0.2) is 0 Å². The summed E-state index contributed by atoms with van der Waals surface area (Å²) in [6.07, 6.45) is -6.57. The van der Waals surface area contributed by atoms with Crippen molar-refractivity contribution in [3.05, 3.63) is 33.8 Å². The van der Waals surface area contributed by atoms with Crippen molar-refractivity contribution in [1.29, 1.82) is 0 Å². The predicted molar refractivity (Wildman–Crippen MR) is 60.1 cm³/mol. The molecule has 0 amide bonds. The van der Waals surface area contributed by atoms with Crippen LogP contribution >= 0.6 is 23.2 Å². The Balaban J connectivity index is 2.80. The molecule has 1 aromatic carbocycles. The highest BCUT2D eigenvalue weighted by Gasteiger charge is 2.38. The van der Waals surface area contributed by atoms with Crippen molar-refractivity contribution in [1.82, 2.24) is 0 Å². The lowest BCUT2D eigenvalue weighted by Gasteiger charge is -2.20. The molecule has 1 rings (SSSR count). The Morgan fingerprint density at radius 3 is 2.35 bits per heavy atom. The summed E-state index contributed by atoms with van der Waals surface area (Å²) in [5.41, 5.74) is 5.09. The number of benzene rings is 1. The van der Waals surface area contributed by atoms with E-state index in [0.717, 1.165) is 0 Å². The lowest BCUT2D eigenvalue weighted by atomic mass is 10.0. The van der Waals surface area contributed by atoms with Crippen LogP contribution < -0.4 is 5.73 Å². The molecule has 1 aromatic rings. The molecule has 0 saturated carbocycles. The molecule has 0 unspecified atom stereocenters. The summed E-state index contributed by atoms with van der Waals surface area (Å²) in [6.45, 7) is 0. The molecule has 2 nitrogen and oxygen atoms in total. The van der Waals surface area contributed by atoms with Crippen molar-refractivity contribution in [3.8, 4) is 0 Å². The molecule has 3 N–H and O–H groups in total. The molecule has 0 aliphatic rings. The van der Waals surface area contributed by atoms with Crippen LogP contribution in [0.25, 0.3) is 0 Å². The van der Waals surface area contributed by atoms with Gasteiger partial charge in [0.25, 0.3) is 0 Å². The van der Waals surface area contributed by atoms with Crippen LogP contribution in [0.3, 0.4) is 0 Å². The zero-order valence-corrected chi connectivity index (χ0v) is 10.0. The fraction of sp³-hybridized carbons (Fsp3) is 0.400. The summed E-state index contributed by atoms with van der Waals surface area (Å²) in [7, 11) is 0. The van der Waals surface area contributed by atoms with Gasteiger partial charge in [0.2, 0.25) is 0 Å². The van der Waals surface area contributed by atoms with Crippen LogP contribution in [0.5, 0.6) is 0 Å². The monoisotopic (exact) mass is 287 g/mol. The number of alkyl halides is 3. The number of hydrogen-bond acceptors (Lipinski definition) is 2. The number of nitrogens with two attached hydrogens (primary N) is 1. The SMILES string of the molecule is N[C@H](C[C@@H](O)c1ccc(Cl)cc1Cl)C(F)(F)F. The Bertz CT molecular complexity index is 398. The molecular weight excluding hydrogens is 278 g/mol. The Hall–Kier alpha value is -0.490. The summed E-state index contributed by atoms with van der Waals surface area (Å²) >= 11 is 11.4. The van der Waals surface area contributed by atoms with E-state index < -0.39 is 24.7 Å². The van der Waals surface area contributed by atoms with Crippen LogP contribution in [-0.4, -0.2) is 17.3 Å². The van der Waals surface area contributed by atoms with E-state index in [9.17, 15) is 18.3 Å². The van der Waals surface area contributed by atoms with Crippen molar-refractivity contribution < 1.29 is 18.3 Å². The normalized spacial score (nSPS) is 15.7. The maximum Gasteiger partial charge on any atom is 0.403 e. The quantitative estimate of drug-likeness (QED) is 0.896. The fourth-order valence-electron chi connectivity index (χ4n) is 1.27. The summed E-state index contributed by atoms with van der Waals surface area (Å²) < 4.78 is 36.6. The summed E-state index contributed by atoms with van der Waals surface area (Å²) in [5, 5.41) is 10.1. The third kappa shape index (κ3) is 4.03. The first-order chi connectivity index (χ1) is 7.71. The number of aliphatic hydroxyl groups is 1. The Morgan fingerprint density at radius 2 is 1.88 bits per heavy atom. The number of aliphatic hydroxyl groups excluding tert-OH is 1. The molecule has 0 heterocycles. The van der Waals surface area contributed by atoms with E-state index in [1.165, 1.54) is 18.2 Å². The molecule has 0 aliphatic heterocycles. The summed E-state index contributed by atoms with van der Waals surface area (Å²) in [4.78, 5) is 0. The van der Waals surface area contributed by atoms with Gasteiger partial charge in [0.1, 0.15) is 6.04 Å². The first-order valence-electron chi connectivity index (χ1n) is 4.67. The molecule has 0 spiro atoms. The van der Waals surface area contributed by atoms with E-state index in [2.05, 4.69) is 0 Å². The van der Waals surface area contributed by atoms with Gasteiger partial charge in [0, 0.05) is 16.5 Å². The Labute approximate surface area is 106 Å². The van der Waals surface area contributed by atoms with Crippen LogP contribution in [0.2, 0.25) is 10.0 Å². The average molecular weight is 288 g/mol. The average Bonchev–Trinajstić information content (AvgIpc) is 2.15. The minimum absolute atomic E-state index is 0.111. The van der Waals surface area contributed by atoms with Crippen LogP contribution in [0, 0.1) is 0 Å². The maximum absolute atomic E-state index is 12.2. The van der Waals surface area contributed by atoms with E-state index in [0.29, 0.717) is 5.02 Å². The lowest BCUT2D eigenvalue weighted by molar-refractivity contribution is -0.153. The topological polar surface area (TPSA) is 46.2 Å². The second-order valence-electron chi connectivity index (χ2n) is 3.57. The first-order valence-corrected chi connectivity index (χ1v) is 5.42. The molecule has 0 saturated heterocycles. The van der Waals surface area contributed by atoms with Gasteiger partial charge in [-0.15, -0.1) is 0 Å². The Kier molecular flexibility index (Phi) is 4.66. The van der Waals surface area contributed by atoms with Gasteiger partial charge < -0.3 is 10.8 Å². The zero-order valence-electron chi connectivity index (χ0n) is 8.51. The van der Waals surface area contributed by atoms with Crippen molar-refractivity contribution in [2.75, 3.05) is 0 Å². The molecule has 96 valence electrons. The molecule has 7 heteroatoms. The van der Waals surface area contributed by atoms with E-state index in [1.807, 2.05) is 0 Å². The van der Waals surface area contributed by atoms with Gasteiger partial charge >= 0.3 is 6.18 Å². The minimum Gasteiger partial charge on any atom is -0.388 e. The summed E-state index contributed by atoms with van der Waals surface area (Å²) in [5.74, 6) is 0. The molecule has 0 aromatic heterocycles. The van der Waals surface area contributed by atoms with Crippen molar-refractivity contribution in [2.24, 2.45) is 5.73 Å². The maximum atomic E-state index is 12.2. The van der Waals surface area contributed by atoms with Gasteiger partial charge in [-0.3, -0.25) is 0 Å². The molecule has 0 aliphatic carbocycles. The molecule has 0 radical (unpaired) electrons. The largest absolute Gasteiger partial charge is 0.403 e. The fourth-order valence-corrected chi connectivity index (χ4v) is 1.81. The third-order valence-electron chi connectivity index (χ3n) is 2.22. The highest BCUT2D eigenvalue weighted by molar-refractivity contribution is 6.35. The molecule has 17 heavy (non-hydrogen) atoms. The summed E-state index contributed by atoms with van der Waals surface area (Å²) in [6, 6.07) is 2.06. The predicted octanol–water partition coefficient (Wildman–Crippen LogP) is 3.31. The molecule has 0 fully saturated rings. The highest BCUT2D eigenvalue weighted by Crippen LogP contribution is 2.31. The number of hydrogen-bond donors (Lipinski definition) is 2. The molecule has 0 bridgehead atoms. The molecule has 2 atom stereocenters. The standard InChI is InChI=1S/C10H10Cl2F3NO/c11-5-1-2-6(7(12)3-5)8(17)4-9(16)10(13,14)15/h1-3,8-9,17H,4,16H2/t8-,9-/m1/s1. The number of rotatable bonds is 3. The minimum atomic E-state index is -4.54. The third-order valence-corrected chi connectivity index (χ3v) is 2.78. The van der Waals surface area contributed by atoms with Crippen molar-refractivity contribution in [3.63, 3.8) is 0 Å². The second kappa shape index (κ2) is 5.44. The number of halogens is 5. The van der Waals surface area contributed by atoms with E-state index in [-0.39, 0.29) is 10.6 Å². The van der Waals surface area contributed by atoms with Gasteiger partial charge in [-0.05, 0) is 17.7 Å². The van der Waals surface area contributed by atoms with Crippen LogP contribution in [0.4, 0.5) is 13.2 Å². The zero-order chi connectivity index (χ0) is 13.2. The van der Waals surface area contributed by atoms with Gasteiger partial charge in [-0.2, -0.15) is 13.2 Å². The van der Waals surface area contributed by atoms with Crippen LogP contribution in [-0.2, 0) is 0 Å². The molecular formula is C10H10Cl2F3NO. The van der Waals surface area contributed by atoms with Gasteiger partial charge in [0.15, 0.2) is 0 Å². The van der Waals surface area contributed by atoms with Gasteiger partial charge in [0.05, 0.1) is 6.10 Å². The first kappa shape index (κ1) is 14.6. The lowest BCUT2D eigenvalue weighted by Crippen LogP contribution is -2.38. The second-order valence-corrected chi connectivity index (χ2v) is 4.41. The van der Waals surface area contributed by atoms with E-state index in [1.54, 1.807) is 0 Å². The van der Waals surface area contributed by atoms with Gasteiger partial charge in [-0.1, -0.05) is 29.3 Å².